The molecule has 0 saturated carbocycles. The SMILES string of the molecule is CC(C)(C)Oc1ccc(/C=N\n2c(=S)[nH]nc(CCC(=O)O)c2=O)cc1. The van der Waals surface area contributed by atoms with Gasteiger partial charge < -0.3 is 9.84 Å². The Bertz CT molecular complexity index is 924. The minimum Gasteiger partial charge on any atom is -0.488 e. The molecule has 1 aromatic carbocycles. The van der Waals surface area contributed by atoms with Crippen LogP contribution in [0.3, 0.4) is 0 Å². The molecule has 2 rings (SSSR count). The first kappa shape index (κ1) is 19.5. The number of nitrogens with one attached hydrogen (secondary N) is 1. The molecule has 0 amide bonds. The minimum atomic E-state index is -1.01. The maximum Gasteiger partial charge on any atom is 0.303 e. The molecule has 0 fully saturated rings. The average Bonchev–Trinajstić information content (AvgIpc) is 2.54. The van der Waals surface area contributed by atoms with Gasteiger partial charge in [0, 0.05) is 6.42 Å². The van der Waals surface area contributed by atoms with Crippen molar-refractivity contribution in [1.82, 2.24) is 14.9 Å². The zero-order valence-corrected chi connectivity index (χ0v) is 15.5. The molecule has 2 aromatic rings. The summed E-state index contributed by atoms with van der Waals surface area (Å²) in [6, 6.07) is 7.21. The normalized spacial score (nSPS) is 11.7. The number of carbonyl (C=O) groups is 1. The van der Waals surface area contributed by atoms with Crippen LogP contribution in [0.4, 0.5) is 0 Å². The highest BCUT2D eigenvalue weighted by atomic mass is 32.1. The first-order valence-electron chi connectivity index (χ1n) is 7.91. The van der Waals surface area contributed by atoms with Gasteiger partial charge in [-0.05, 0) is 62.8 Å². The van der Waals surface area contributed by atoms with Gasteiger partial charge in [0.05, 0.1) is 12.6 Å². The van der Waals surface area contributed by atoms with E-state index in [0.29, 0.717) is 0 Å². The van der Waals surface area contributed by atoms with Crippen molar-refractivity contribution < 1.29 is 14.6 Å². The molecule has 0 aliphatic heterocycles. The average molecular weight is 376 g/mol. The second kappa shape index (κ2) is 8.05. The molecule has 9 heteroatoms. The highest BCUT2D eigenvalue weighted by Gasteiger charge is 2.11. The molecule has 26 heavy (non-hydrogen) atoms. The summed E-state index contributed by atoms with van der Waals surface area (Å²) in [5.41, 5.74) is -0.0261. The molecule has 0 spiro atoms. The first-order valence-corrected chi connectivity index (χ1v) is 8.32. The molecule has 0 radical (unpaired) electrons. The molecule has 0 saturated heterocycles. The van der Waals surface area contributed by atoms with Crippen molar-refractivity contribution in [3.8, 4) is 5.75 Å². The van der Waals surface area contributed by atoms with Gasteiger partial charge in [-0.3, -0.25) is 14.7 Å². The fraction of sp³-hybridized carbons (Fsp3) is 0.353. The van der Waals surface area contributed by atoms with Gasteiger partial charge in [-0.15, -0.1) is 0 Å². The number of H-pyrrole nitrogens is 1. The Kier molecular flexibility index (Phi) is 6.04. The smallest absolute Gasteiger partial charge is 0.303 e. The number of hydrogen-bond acceptors (Lipinski definition) is 6. The number of benzene rings is 1. The number of hydrogen-bond donors (Lipinski definition) is 2. The maximum absolute atomic E-state index is 12.3. The molecule has 8 nitrogen and oxygen atoms in total. The van der Waals surface area contributed by atoms with Crippen LogP contribution in [0, 0.1) is 4.77 Å². The van der Waals surface area contributed by atoms with Gasteiger partial charge in [-0.1, -0.05) is 0 Å². The Morgan fingerprint density at radius 1 is 1.38 bits per heavy atom. The molecule has 0 aliphatic carbocycles. The molecule has 2 N–H and O–H groups in total. The zero-order valence-electron chi connectivity index (χ0n) is 14.7. The zero-order chi connectivity index (χ0) is 19.3. The summed E-state index contributed by atoms with van der Waals surface area (Å²) in [5.74, 6) is -0.287. The van der Waals surface area contributed by atoms with E-state index in [9.17, 15) is 9.59 Å². The lowest BCUT2D eigenvalue weighted by atomic mass is 10.2. The van der Waals surface area contributed by atoms with Crippen molar-refractivity contribution in [2.45, 2.75) is 39.2 Å². The summed E-state index contributed by atoms with van der Waals surface area (Å²) in [6.45, 7) is 5.88. The van der Waals surface area contributed by atoms with Gasteiger partial charge in [-0.25, -0.2) is 0 Å². The van der Waals surface area contributed by atoms with Crippen molar-refractivity contribution >= 4 is 24.4 Å². The summed E-state index contributed by atoms with van der Waals surface area (Å²) < 4.78 is 6.75. The minimum absolute atomic E-state index is 0.00532. The number of aryl methyl sites for hydroxylation is 1. The molecule has 0 atom stereocenters. The van der Waals surface area contributed by atoms with Crippen molar-refractivity contribution in [3.05, 3.63) is 50.6 Å². The van der Waals surface area contributed by atoms with Crippen LogP contribution in [-0.2, 0) is 11.2 Å². The summed E-state index contributed by atoms with van der Waals surface area (Å²) >= 11 is 5.03. The number of aliphatic carboxylic acids is 1. The van der Waals surface area contributed by atoms with Crippen molar-refractivity contribution in [3.63, 3.8) is 0 Å². The Labute approximate surface area is 155 Å². The van der Waals surface area contributed by atoms with Crippen molar-refractivity contribution in [1.29, 1.82) is 0 Å². The van der Waals surface area contributed by atoms with E-state index in [4.69, 9.17) is 22.1 Å². The lowest BCUT2D eigenvalue weighted by Gasteiger charge is -2.21. The van der Waals surface area contributed by atoms with Gasteiger partial charge >= 0.3 is 5.97 Å². The number of rotatable bonds is 6. The lowest BCUT2D eigenvalue weighted by molar-refractivity contribution is -0.136. The molecule has 0 aliphatic rings. The number of ether oxygens (including phenoxy) is 1. The summed E-state index contributed by atoms with van der Waals surface area (Å²) in [5, 5.41) is 19.1. The number of carboxylic acid groups (broad SMARTS) is 1. The van der Waals surface area contributed by atoms with Crippen molar-refractivity contribution in [2.24, 2.45) is 5.10 Å². The monoisotopic (exact) mass is 376 g/mol. The van der Waals surface area contributed by atoms with Gasteiger partial charge in [0.1, 0.15) is 17.0 Å². The molecule has 1 heterocycles. The van der Waals surface area contributed by atoms with Crippen LogP contribution < -0.4 is 10.3 Å². The molecule has 0 bridgehead atoms. The topological polar surface area (TPSA) is 110 Å². The van der Waals surface area contributed by atoms with E-state index in [2.05, 4.69) is 15.3 Å². The second-order valence-corrected chi connectivity index (χ2v) is 6.90. The Morgan fingerprint density at radius 2 is 2.04 bits per heavy atom. The van der Waals surface area contributed by atoms with E-state index in [1.807, 2.05) is 20.8 Å². The standard InChI is InChI=1S/C17H20N4O4S/c1-17(2,3)25-12-6-4-11(5-7-12)10-18-21-15(24)13(8-9-14(22)23)19-20-16(21)26/h4-7,10H,8-9H2,1-3H3,(H,20,26)(H,22,23)/b18-10-. The fourth-order valence-corrected chi connectivity index (χ4v) is 2.19. The van der Waals surface area contributed by atoms with Crippen LogP contribution in [-0.4, -0.2) is 37.8 Å². The Morgan fingerprint density at radius 3 is 2.62 bits per heavy atom. The molecule has 0 unspecified atom stereocenters. The number of aromatic nitrogens is 3. The van der Waals surface area contributed by atoms with Crippen LogP contribution >= 0.6 is 12.2 Å². The van der Waals surface area contributed by atoms with Crippen LogP contribution in [0.2, 0.25) is 0 Å². The third-order valence-electron chi connectivity index (χ3n) is 3.12. The van der Waals surface area contributed by atoms with E-state index in [1.54, 1.807) is 24.3 Å². The molecule has 138 valence electrons. The summed E-state index contributed by atoms with van der Waals surface area (Å²) in [4.78, 5) is 23.0. The largest absolute Gasteiger partial charge is 0.488 e. The van der Waals surface area contributed by atoms with Gasteiger partial charge in [0.15, 0.2) is 0 Å². The molecular weight excluding hydrogens is 356 g/mol. The Balaban J connectivity index is 2.22. The second-order valence-electron chi connectivity index (χ2n) is 6.51. The van der Waals surface area contributed by atoms with Crippen LogP contribution in [0.1, 0.15) is 38.4 Å². The van der Waals surface area contributed by atoms with E-state index < -0.39 is 11.5 Å². The molecule has 1 aromatic heterocycles. The van der Waals surface area contributed by atoms with Gasteiger partial charge in [0.25, 0.3) is 5.56 Å². The lowest BCUT2D eigenvalue weighted by Crippen LogP contribution is -2.25. The van der Waals surface area contributed by atoms with E-state index >= 15 is 0 Å². The number of nitrogens with zero attached hydrogens (tertiary/aromatic N) is 3. The van der Waals surface area contributed by atoms with Gasteiger partial charge in [0.2, 0.25) is 4.77 Å². The third-order valence-corrected chi connectivity index (χ3v) is 3.38. The predicted octanol–water partition coefficient (Wildman–Crippen LogP) is 2.38. The number of carboxylic acids is 1. The van der Waals surface area contributed by atoms with Crippen LogP contribution in [0.25, 0.3) is 0 Å². The molecular formula is C17H20N4O4S. The Hall–Kier alpha value is -2.81. The first-order chi connectivity index (χ1) is 12.2. The number of aromatic amines is 1. The van der Waals surface area contributed by atoms with E-state index in [0.717, 1.165) is 16.0 Å². The van der Waals surface area contributed by atoms with E-state index in [1.165, 1.54) is 6.21 Å². The summed E-state index contributed by atoms with van der Waals surface area (Å²) in [7, 11) is 0. The summed E-state index contributed by atoms with van der Waals surface area (Å²) in [6.07, 6.45) is 1.27. The van der Waals surface area contributed by atoms with Crippen LogP contribution in [0.5, 0.6) is 5.75 Å². The van der Waals surface area contributed by atoms with Gasteiger partial charge in [-0.2, -0.15) is 14.9 Å². The van der Waals surface area contributed by atoms with Crippen molar-refractivity contribution in [2.75, 3.05) is 0 Å². The maximum atomic E-state index is 12.3. The van der Waals surface area contributed by atoms with E-state index in [-0.39, 0.29) is 28.9 Å². The highest BCUT2D eigenvalue weighted by molar-refractivity contribution is 7.71. The fourth-order valence-electron chi connectivity index (χ4n) is 2.02. The quantitative estimate of drug-likeness (QED) is 0.592. The van der Waals surface area contributed by atoms with Crippen LogP contribution in [0.15, 0.2) is 34.2 Å². The third kappa shape index (κ3) is 5.62. The highest BCUT2D eigenvalue weighted by Crippen LogP contribution is 2.17. The predicted molar refractivity (Wildman–Crippen MR) is 99.5 cm³/mol.